The molecule has 0 atom stereocenters. The van der Waals surface area contributed by atoms with Crippen molar-refractivity contribution >= 4 is 34.7 Å². The minimum Gasteiger partial charge on any atom is -0.290 e. The molecule has 31 heavy (non-hydrogen) atoms. The van der Waals surface area contributed by atoms with Crippen molar-refractivity contribution in [2.75, 3.05) is 0 Å². The van der Waals surface area contributed by atoms with Gasteiger partial charge in [-0.3, -0.25) is 28.8 Å². The molecule has 0 aromatic heterocycles. The second-order valence-corrected chi connectivity index (χ2v) is 7.54. The maximum Gasteiger partial charge on any atom is 0.184 e. The largest absolute Gasteiger partial charge is 0.290 e. The minimum absolute atomic E-state index is 0.0119. The van der Waals surface area contributed by atoms with Crippen molar-refractivity contribution in [2.24, 2.45) is 0 Å². The van der Waals surface area contributed by atoms with Crippen LogP contribution in [0.3, 0.4) is 0 Å². The van der Waals surface area contributed by atoms with Crippen LogP contribution in [-0.2, 0) is 28.8 Å². The van der Waals surface area contributed by atoms with Gasteiger partial charge < -0.3 is 0 Å². The Bertz CT molecular complexity index is 1030. The first kappa shape index (κ1) is 25.5. The Morgan fingerprint density at radius 2 is 0.742 bits per heavy atom. The first-order valence-corrected chi connectivity index (χ1v) is 9.61. The first-order chi connectivity index (χ1) is 14.3. The molecule has 0 fully saturated rings. The van der Waals surface area contributed by atoms with Crippen molar-refractivity contribution in [2.45, 2.75) is 48.5 Å². The first-order valence-electron chi connectivity index (χ1n) is 9.61. The third-order valence-corrected chi connectivity index (χ3v) is 4.88. The zero-order valence-electron chi connectivity index (χ0n) is 18.8. The van der Waals surface area contributed by atoms with Crippen LogP contribution in [0.1, 0.15) is 48.5 Å². The maximum atomic E-state index is 11.2. The van der Waals surface area contributed by atoms with Crippen molar-refractivity contribution in [1.82, 2.24) is 0 Å². The molecule has 0 radical (unpaired) electrons. The molecule has 0 N–H and O–H groups in total. The highest BCUT2D eigenvalue weighted by Crippen LogP contribution is 2.17. The lowest BCUT2D eigenvalue weighted by Gasteiger charge is -2.09. The van der Waals surface area contributed by atoms with Gasteiger partial charge in [0.25, 0.3) is 0 Å². The molecule has 162 valence electrons. The Kier molecular flexibility index (Phi) is 8.62. The molecule has 3 aliphatic rings. The molecule has 0 saturated carbocycles. The molecule has 0 spiro atoms. The molecule has 6 heteroatoms. The van der Waals surface area contributed by atoms with Crippen molar-refractivity contribution in [3.63, 3.8) is 0 Å². The highest BCUT2D eigenvalue weighted by Gasteiger charge is 2.19. The van der Waals surface area contributed by atoms with Crippen LogP contribution in [0, 0.1) is 0 Å². The molecule has 6 nitrogen and oxygen atoms in total. The fourth-order valence-electron chi connectivity index (χ4n) is 2.70. The Balaban J connectivity index is 0.000000233. The lowest BCUT2D eigenvalue weighted by atomic mass is 9.92. The summed E-state index contributed by atoms with van der Waals surface area (Å²) in [4.78, 5) is 65.7. The minimum atomic E-state index is -0.0883. The normalized spacial score (nSPS) is 18.7. The molecular formula is C25H26O6. The topological polar surface area (TPSA) is 102 Å². The molecule has 0 heterocycles. The summed E-state index contributed by atoms with van der Waals surface area (Å²) in [5.41, 5.74) is 3.80. The van der Waals surface area contributed by atoms with Crippen LogP contribution >= 0.6 is 0 Å². The molecule has 0 saturated heterocycles. The number of allylic oxidation sites excluding steroid dienone is 12. The van der Waals surface area contributed by atoms with Crippen LogP contribution in [0.5, 0.6) is 0 Å². The van der Waals surface area contributed by atoms with Crippen LogP contribution in [0.15, 0.2) is 69.4 Å². The van der Waals surface area contributed by atoms with E-state index in [4.69, 9.17) is 0 Å². The van der Waals surface area contributed by atoms with Crippen molar-refractivity contribution in [1.29, 1.82) is 0 Å². The van der Waals surface area contributed by atoms with E-state index in [1.165, 1.54) is 30.4 Å². The number of carbonyl (C=O) groups excluding carboxylic acids is 6. The summed E-state index contributed by atoms with van der Waals surface area (Å²) >= 11 is 0. The number of carbonyl (C=O) groups is 6. The van der Waals surface area contributed by atoms with E-state index in [9.17, 15) is 28.8 Å². The van der Waals surface area contributed by atoms with Gasteiger partial charge in [-0.05, 0) is 78.8 Å². The molecule has 0 aliphatic heterocycles. The summed E-state index contributed by atoms with van der Waals surface area (Å²) in [6, 6.07) is 0. The number of rotatable bonds is 0. The second kappa shape index (κ2) is 10.5. The van der Waals surface area contributed by atoms with Crippen LogP contribution in [0.25, 0.3) is 0 Å². The van der Waals surface area contributed by atoms with Gasteiger partial charge in [0.15, 0.2) is 34.7 Å². The molecule has 0 unspecified atom stereocenters. The van der Waals surface area contributed by atoms with Crippen molar-refractivity contribution in [3.05, 3.63) is 69.4 Å². The van der Waals surface area contributed by atoms with E-state index in [0.29, 0.717) is 39.0 Å². The highest BCUT2D eigenvalue weighted by molar-refractivity contribution is 6.22. The number of Topliss-reactive ketones (excluding diaryl/α,β-unsaturated/α-hetero) is 2. The van der Waals surface area contributed by atoms with E-state index in [1.807, 2.05) is 0 Å². The van der Waals surface area contributed by atoms with Gasteiger partial charge in [0, 0.05) is 39.0 Å². The van der Waals surface area contributed by atoms with Gasteiger partial charge in [-0.2, -0.15) is 0 Å². The summed E-state index contributed by atoms with van der Waals surface area (Å²) in [6.45, 7) is 11.6. The van der Waals surface area contributed by atoms with Gasteiger partial charge in [0.1, 0.15) is 0 Å². The molecule has 0 bridgehead atoms. The van der Waals surface area contributed by atoms with Crippen LogP contribution in [0.4, 0.5) is 0 Å². The van der Waals surface area contributed by atoms with E-state index in [1.54, 1.807) is 48.5 Å². The Morgan fingerprint density at radius 1 is 0.387 bits per heavy atom. The highest BCUT2D eigenvalue weighted by atomic mass is 16.2. The molecular weight excluding hydrogens is 396 g/mol. The van der Waals surface area contributed by atoms with E-state index >= 15 is 0 Å². The summed E-state index contributed by atoms with van der Waals surface area (Å²) in [5, 5.41) is 0. The predicted octanol–water partition coefficient (Wildman–Crippen LogP) is 3.48. The zero-order chi connectivity index (χ0) is 24.0. The SMILES string of the molecule is CC1=CC(=O)C(C)=C(C)C1=O.CC1=CC(=O)C(C)=CC1=O.CC1=CC(=O)C=C(C)C1=O. The lowest BCUT2D eigenvalue weighted by Crippen LogP contribution is -2.14. The number of hydrogen-bond donors (Lipinski definition) is 0. The quantitative estimate of drug-likeness (QED) is 0.554. The lowest BCUT2D eigenvalue weighted by molar-refractivity contribution is -0.115. The summed E-state index contributed by atoms with van der Waals surface area (Å²) < 4.78 is 0. The van der Waals surface area contributed by atoms with E-state index < -0.39 is 0 Å². The van der Waals surface area contributed by atoms with Crippen molar-refractivity contribution in [3.8, 4) is 0 Å². The summed E-state index contributed by atoms with van der Waals surface area (Å²) in [6.07, 6.45) is 6.85. The number of ketones is 6. The second-order valence-electron chi connectivity index (χ2n) is 7.54. The van der Waals surface area contributed by atoms with Gasteiger partial charge in [0.2, 0.25) is 0 Å². The van der Waals surface area contributed by atoms with E-state index in [-0.39, 0.29) is 34.7 Å². The maximum absolute atomic E-state index is 11.2. The Morgan fingerprint density at radius 3 is 1.16 bits per heavy atom. The molecule has 3 aliphatic carbocycles. The van der Waals surface area contributed by atoms with Crippen LogP contribution in [-0.4, -0.2) is 34.7 Å². The monoisotopic (exact) mass is 422 g/mol. The average Bonchev–Trinajstić information content (AvgIpc) is 2.68. The molecule has 3 rings (SSSR count). The zero-order valence-corrected chi connectivity index (χ0v) is 18.8. The fourth-order valence-corrected chi connectivity index (χ4v) is 2.70. The smallest absolute Gasteiger partial charge is 0.184 e. The van der Waals surface area contributed by atoms with Crippen molar-refractivity contribution < 1.29 is 28.8 Å². The fraction of sp³-hybridized carbons (Fsp3) is 0.280. The Labute approximate surface area is 181 Å². The standard InChI is InChI=1S/C9H10O2.2C8H8O2/c1-5-4-8(10)6(2)7(3)9(5)11;1-5-3-8(10)6(2)4-7(5)9;1-5-3-7(9)4-6(2)8(5)10/h4H,1-3H3;2*3-4H,1-2H3. The van der Waals surface area contributed by atoms with Gasteiger partial charge in [0.05, 0.1) is 0 Å². The van der Waals surface area contributed by atoms with Crippen LogP contribution < -0.4 is 0 Å². The summed E-state index contributed by atoms with van der Waals surface area (Å²) in [7, 11) is 0. The third kappa shape index (κ3) is 6.74. The predicted molar refractivity (Wildman–Crippen MR) is 117 cm³/mol. The van der Waals surface area contributed by atoms with Gasteiger partial charge in [-0.1, -0.05) is 0 Å². The number of hydrogen-bond acceptors (Lipinski definition) is 6. The van der Waals surface area contributed by atoms with Gasteiger partial charge in [-0.15, -0.1) is 0 Å². The summed E-state index contributed by atoms with van der Waals surface area (Å²) in [5.74, 6) is -0.287. The van der Waals surface area contributed by atoms with E-state index in [2.05, 4.69) is 0 Å². The van der Waals surface area contributed by atoms with Gasteiger partial charge in [-0.25, -0.2) is 0 Å². The molecule has 0 amide bonds. The van der Waals surface area contributed by atoms with Gasteiger partial charge >= 0.3 is 0 Å². The third-order valence-electron chi connectivity index (χ3n) is 4.88. The molecule has 0 aromatic carbocycles. The molecule has 0 aromatic rings. The average molecular weight is 422 g/mol. The Hall–Kier alpha value is -3.54. The van der Waals surface area contributed by atoms with Crippen LogP contribution in [0.2, 0.25) is 0 Å². The van der Waals surface area contributed by atoms with E-state index in [0.717, 1.165) is 0 Å².